The first-order valence-corrected chi connectivity index (χ1v) is 14.6. The minimum Gasteiger partial charge on any atom is -0.383 e. The lowest BCUT2D eigenvalue weighted by molar-refractivity contribution is -0.441. The monoisotopic (exact) mass is 537 g/mol. The quantitative estimate of drug-likeness (QED) is 0.308. The molecule has 0 radical (unpaired) electrons. The molecule has 5 rings (SSSR count). The molecule has 2 aromatic rings. The molecule has 0 N–H and O–H groups in total. The lowest BCUT2D eigenvalue weighted by Crippen LogP contribution is -2.28. The number of ether oxygens (including phenoxy) is 2. The molecule has 0 spiro atoms. The Morgan fingerprint density at radius 2 is 1.52 bits per heavy atom. The minimum atomic E-state index is -0.0499. The summed E-state index contributed by atoms with van der Waals surface area (Å²) in [4.78, 5) is 2.44. The molecule has 2 aromatic carbocycles. The van der Waals surface area contributed by atoms with Crippen LogP contribution >= 0.6 is 0 Å². The Kier molecular flexibility index (Phi) is 8.03. The molecule has 2 heterocycles. The Balaban J connectivity index is 1.45. The number of hydrogen-bond donors (Lipinski definition) is 0. The maximum absolute atomic E-state index is 5.47. The standard InChI is InChI=1S/C36H45N2O2/c1-26-27(18-20-33-35(2,3)29-12-8-10-14-31(29)37(33)22-24-39-6)16-17-28(26)19-21-34-36(4,5)30-13-9-11-15-32(30)38(34)23-25-40-7/h8-15,18-21H,16-17,22-25H2,1-7H3/q+1. The number of allylic oxidation sites excluding steroid dienone is 8. The Morgan fingerprint density at radius 1 is 0.825 bits per heavy atom. The molecule has 0 fully saturated rings. The molecule has 1 aliphatic carbocycles. The third-order valence-electron chi connectivity index (χ3n) is 9.15. The van der Waals surface area contributed by atoms with Crippen LogP contribution in [0.15, 0.2) is 95.3 Å². The molecule has 3 aliphatic rings. The van der Waals surface area contributed by atoms with Crippen molar-refractivity contribution in [3.8, 4) is 0 Å². The van der Waals surface area contributed by atoms with Crippen molar-refractivity contribution in [3.63, 3.8) is 0 Å². The Morgan fingerprint density at radius 3 is 2.27 bits per heavy atom. The summed E-state index contributed by atoms with van der Waals surface area (Å²) in [6.07, 6.45) is 11.6. The summed E-state index contributed by atoms with van der Waals surface area (Å²) in [5.41, 5.74) is 12.2. The van der Waals surface area contributed by atoms with E-state index in [2.05, 4.69) is 117 Å². The van der Waals surface area contributed by atoms with Gasteiger partial charge in [0.25, 0.3) is 0 Å². The van der Waals surface area contributed by atoms with E-state index in [4.69, 9.17) is 9.47 Å². The van der Waals surface area contributed by atoms with E-state index in [1.54, 1.807) is 14.2 Å². The van der Waals surface area contributed by atoms with Gasteiger partial charge in [0.2, 0.25) is 5.69 Å². The van der Waals surface area contributed by atoms with Crippen molar-refractivity contribution in [2.75, 3.05) is 45.4 Å². The Bertz CT molecular complexity index is 1430. The minimum absolute atomic E-state index is 0.0499. The lowest BCUT2D eigenvalue weighted by atomic mass is 9.81. The zero-order valence-electron chi connectivity index (χ0n) is 25.4. The van der Waals surface area contributed by atoms with Crippen molar-refractivity contribution in [2.24, 2.45) is 0 Å². The highest BCUT2D eigenvalue weighted by atomic mass is 16.5. The number of fused-ring (bicyclic) bond motifs is 2. The first kappa shape index (κ1) is 28.3. The fraction of sp³-hybridized carbons (Fsp3) is 0.417. The highest BCUT2D eigenvalue weighted by Crippen LogP contribution is 2.47. The van der Waals surface area contributed by atoms with Crippen LogP contribution in [-0.2, 0) is 20.3 Å². The Labute approximate surface area is 241 Å². The molecule has 0 saturated carbocycles. The van der Waals surface area contributed by atoms with Crippen molar-refractivity contribution in [1.29, 1.82) is 0 Å². The second-order valence-electron chi connectivity index (χ2n) is 12.2. The highest BCUT2D eigenvalue weighted by molar-refractivity contribution is 6.03. The van der Waals surface area contributed by atoms with Gasteiger partial charge in [0.1, 0.15) is 6.61 Å². The summed E-state index contributed by atoms with van der Waals surface area (Å²) in [6.45, 7) is 14.7. The normalized spacial score (nSPS) is 21.4. The van der Waals surface area contributed by atoms with E-state index in [9.17, 15) is 0 Å². The molecule has 0 amide bonds. The van der Waals surface area contributed by atoms with Crippen molar-refractivity contribution in [1.82, 2.24) is 0 Å². The van der Waals surface area contributed by atoms with Crippen LogP contribution in [0.5, 0.6) is 0 Å². The smallest absolute Gasteiger partial charge is 0.209 e. The van der Waals surface area contributed by atoms with Crippen molar-refractivity contribution in [2.45, 2.75) is 58.3 Å². The molecule has 2 aliphatic heterocycles. The van der Waals surface area contributed by atoms with Gasteiger partial charge in [-0.05, 0) is 68.0 Å². The number of rotatable bonds is 9. The zero-order chi connectivity index (χ0) is 28.5. The molecular weight excluding hydrogens is 492 g/mol. The topological polar surface area (TPSA) is 24.7 Å². The maximum Gasteiger partial charge on any atom is 0.209 e. The van der Waals surface area contributed by atoms with Gasteiger partial charge in [-0.25, -0.2) is 0 Å². The van der Waals surface area contributed by atoms with Crippen molar-refractivity contribution in [3.05, 3.63) is 106 Å². The van der Waals surface area contributed by atoms with E-state index >= 15 is 0 Å². The first-order valence-electron chi connectivity index (χ1n) is 14.6. The average molecular weight is 538 g/mol. The summed E-state index contributed by atoms with van der Waals surface area (Å²) in [6, 6.07) is 17.6. The second kappa shape index (κ2) is 11.3. The van der Waals surface area contributed by atoms with Crippen LogP contribution in [0.25, 0.3) is 0 Å². The first-order chi connectivity index (χ1) is 19.2. The number of anilines is 1. The summed E-state index contributed by atoms with van der Waals surface area (Å²) in [5.74, 6) is 0. The number of nitrogens with zero attached hydrogens (tertiary/aromatic N) is 2. The fourth-order valence-electron chi connectivity index (χ4n) is 6.76. The fourth-order valence-corrected chi connectivity index (χ4v) is 6.76. The largest absolute Gasteiger partial charge is 0.383 e. The van der Waals surface area contributed by atoms with Gasteiger partial charge >= 0.3 is 0 Å². The number of hydrogen-bond acceptors (Lipinski definition) is 3. The maximum atomic E-state index is 5.47. The molecule has 210 valence electrons. The van der Waals surface area contributed by atoms with E-state index in [0.717, 1.165) is 25.9 Å². The van der Waals surface area contributed by atoms with Gasteiger partial charge in [-0.15, -0.1) is 0 Å². The lowest BCUT2D eigenvalue weighted by Gasteiger charge is -2.27. The number of para-hydroxylation sites is 2. The van der Waals surface area contributed by atoms with Crippen LogP contribution in [-0.4, -0.2) is 50.8 Å². The average Bonchev–Trinajstić information content (AvgIpc) is 3.48. The van der Waals surface area contributed by atoms with Crippen LogP contribution in [0.3, 0.4) is 0 Å². The third-order valence-corrected chi connectivity index (χ3v) is 9.15. The van der Waals surface area contributed by atoms with Gasteiger partial charge in [-0.3, -0.25) is 0 Å². The van der Waals surface area contributed by atoms with Gasteiger partial charge in [0.15, 0.2) is 12.3 Å². The molecule has 0 saturated heterocycles. The van der Waals surface area contributed by atoms with E-state index in [1.807, 2.05) is 0 Å². The molecule has 4 heteroatoms. The molecule has 0 aromatic heterocycles. The summed E-state index contributed by atoms with van der Waals surface area (Å²) in [7, 11) is 3.56. The van der Waals surface area contributed by atoms with Crippen LogP contribution in [0.2, 0.25) is 0 Å². The molecule has 0 bridgehead atoms. The highest BCUT2D eigenvalue weighted by Gasteiger charge is 2.44. The van der Waals surface area contributed by atoms with E-state index in [1.165, 1.54) is 50.6 Å². The SMILES string of the molecule is COCCN1/C(=C/C=C2\CCC(/C=C/C3=[N+](CCOC)c4ccccc4C3(C)C)=C2C)C(C)(C)c2ccccc21. The molecule has 0 unspecified atom stereocenters. The van der Waals surface area contributed by atoms with Crippen molar-refractivity contribution < 1.29 is 14.0 Å². The molecule has 0 atom stereocenters. The number of benzene rings is 2. The van der Waals surface area contributed by atoms with Crippen LogP contribution in [0.4, 0.5) is 11.4 Å². The van der Waals surface area contributed by atoms with Crippen molar-refractivity contribution >= 4 is 17.1 Å². The number of methoxy groups -OCH3 is 2. The predicted octanol–water partition coefficient (Wildman–Crippen LogP) is 7.63. The van der Waals surface area contributed by atoms with E-state index < -0.39 is 0 Å². The molecular formula is C36H45N2O2+. The van der Waals surface area contributed by atoms with Crippen LogP contribution < -0.4 is 4.90 Å². The van der Waals surface area contributed by atoms with Gasteiger partial charge in [0.05, 0.1) is 12.0 Å². The third kappa shape index (κ3) is 4.93. The zero-order valence-corrected chi connectivity index (χ0v) is 25.4. The van der Waals surface area contributed by atoms with Crippen LogP contribution in [0, 0.1) is 0 Å². The summed E-state index contributed by atoms with van der Waals surface area (Å²) in [5, 5.41) is 0. The summed E-state index contributed by atoms with van der Waals surface area (Å²) < 4.78 is 13.4. The molecule has 4 nitrogen and oxygen atoms in total. The molecule has 40 heavy (non-hydrogen) atoms. The van der Waals surface area contributed by atoms with Gasteiger partial charge in [-0.1, -0.05) is 62.4 Å². The predicted molar refractivity (Wildman–Crippen MR) is 167 cm³/mol. The van der Waals surface area contributed by atoms with Gasteiger partial charge in [0, 0.05) is 55.3 Å². The summed E-state index contributed by atoms with van der Waals surface area (Å²) >= 11 is 0. The van der Waals surface area contributed by atoms with Crippen LogP contribution in [0.1, 0.15) is 58.6 Å². The second-order valence-corrected chi connectivity index (χ2v) is 12.2. The Hall–Kier alpha value is -3.21. The van der Waals surface area contributed by atoms with E-state index in [-0.39, 0.29) is 10.8 Å². The van der Waals surface area contributed by atoms with Gasteiger partial charge < -0.3 is 14.4 Å². The van der Waals surface area contributed by atoms with E-state index in [0.29, 0.717) is 13.2 Å². The van der Waals surface area contributed by atoms with Gasteiger partial charge in [-0.2, -0.15) is 4.58 Å².